The van der Waals surface area contributed by atoms with Crippen molar-refractivity contribution in [3.8, 4) is 35.4 Å². The van der Waals surface area contributed by atoms with E-state index in [1.807, 2.05) is 4.90 Å². The van der Waals surface area contributed by atoms with Crippen molar-refractivity contribution in [2.45, 2.75) is 37.4 Å². The Labute approximate surface area is 258 Å². The van der Waals surface area contributed by atoms with Gasteiger partial charge in [-0.1, -0.05) is 12.0 Å². The average molecular weight is 619 g/mol. The van der Waals surface area contributed by atoms with Crippen LogP contribution in [0.4, 0.5) is 24.8 Å². The van der Waals surface area contributed by atoms with Gasteiger partial charge in [-0.3, -0.25) is 4.90 Å². The third-order valence-electron chi connectivity index (χ3n) is 9.19. The van der Waals surface area contributed by atoms with Crippen molar-refractivity contribution in [3.63, 3.8) is 0 Å². The van der Waals surface area contributed by atoms with Gasteiger partial charge in [-0.15, -0.1) is 6.42 Å². The number of aromatic hydroxyl groups is 1. The summed E-state index contributed by atoms with van der Waals surface area (Å²) in [6.45, 7) is 3.48. The second kappa shape index (κ2) is 11.5. The number of rotatable bonds is 6. The number of phenols is 1. The number of fused-ring (bicyclic) bond motifs is 3. The SMILES string of the molecule is C#Cc1c(F)ccc2cc(O)cc(-c3nc(NC)c4c(N5CCCOCC5)nc(OC[C@@]56CCCN5C[C@H](F)C6)nc4c3F)c12. The smallest absolute Gasteiger partial charge is 0.319 e. The molecule has 234 valence electrons. The Kier molecular flexibility index (Phi) is 7.54. The number of hydrogen-bond acceptors (Lipinski definition) is 9. The summed E-state index contributed by atoms with van der Waals surface area (Å²) in [6.07, 6.45) is 7.60. The van der Waals surface area contributed by atoms with Crippen LogP contribution in [0.5, 0.6) is 11.8 Å². The monoisotopic (exact) mass is 618 g/mol. The lowest BCUT2D eigenvalue weighted by molar-refractivity contribution is 0.107. The van der Waals surface area contributed by atoms with Crippen molar-refractivity contribution in [1.82, 2.24) is 19.9 Å². The number of terminal acetylenes is 1. The third kappa shape index (κ3) is 5.04. The molecule has 0 radical (unpaired) electrons. The Morgan fingerprint density at radius 3 is 2.82 bits per heavy atom. The number of nitrogens with one attached hydrogen (secondary N) is 1. The standard InChI is InChI=1S/C33H33F3N6O3/c1-3-22-24(35)7-6-19-14-21(43)15-23(25(19)22)28-27(36)29-26(30(37-2)38-28)31(41-9-5-12-44-13-11-41)40-32(39-29)45-18-33-8-4-10-42(33)17-20(34)16-33/h1,6-7,14-15,20,43H,4-5,8-13,16-18H2,2H3,(H,37,38)/t20-,33+/m1/s1. The van der Waals surface area contributed by atoms with Gasteiger partial charge in [0.25, 0.3) is 0 Å². The van der Waals surface area contributed by atoms with Crippen molar-refractivity contribution in [2.75, 3.05) is 63.3 Å². The number of halogens is 3. The highest BCUT2D eigenvalue weighted by Gasteiger charge is 2.49. The van der Waals surface area contributed by atoms with Crippen LogP contribution < -0.4 is 15.0 Å². The molecule has 12 heteroatoms. The Bertz CT molecular complexity index is 1840. The van der Waals surface area contributed by atoms with Gasteiger partial charge in [0.15, 0.2) is 5.82 Å². The van der Waals surface area contributed by atoms with Crippen LogP contribution in [0.15, 0.2) is 24.3 Å². The Hall–Kier alpha value is -4.34. The van der Waals surface area contributed by atoms with Gasteiger partial charge in [-0.2, -0.15) is 9.97 Å². The molecule has 0 aliphatic carbocycles. The van der Waals surface area contributed by atoms with Gasteiger partial charge < -0.3 is 24.8 Å². The molecular formula is C33H33F3N6O3. The zero-order chi connectivity index (χ0) is 31.3. The maximum atomic E-state index is 16.9. The summed E-state index contributed by atoms with van der Waals surface area (Å²) in [5, 5.41) is 14.6. The van der Waals surface area contributed by atoms with E-state index in [9.17, 15) is 13.9 Å². The fourth-order valence-corrected chi connectivity index (χ4v) is 7.15. The van der Waals surface area contributed by atoms with E-state index in [0.717, 1.165) is 25.8 Å². The normalized spacial score (nSPS) is 22.0. The molecule has 0 unspecified atom stereocenters. The van der Waals surface area contributed by atoms with E-state index in [1.165, 1.54) is 24.3 Å². The first kappa shape index (κ1) is 29.4. The lowest BCUT2D eigenvalue weighted by atomic mass is 9.95. The van der Waals surface area contributed by atoms with Crippen LogP contribution in [0.25, 0.3) is 32.9 Å². The second-order valence-electron chi connectivity index (χ2n) is 11.9. The van der Waals surface area contributed by atoms with Gasteiger partial charge in [0.05, 0.1) is 23.1 Å². The summed E-state index contributed by atoms with van der Waals surface area (Å²) in [7, 11) is 1.65. The third-order valence-corrected chi connectivity index (χ3v) is 9.19. The minimum Gasteiger partial charge on any atom is -0.508 e. The van der Waals surface area contributed by atoms with E-state index < -0.39 is 23.3 Å². The first-order valence-corrected chi connectivity index (χ1v) is 15.2. The largest absolute Gasteiger partial charge is 0.508 e. The van der Waals surface area contributed by atoms with E-state index in [-0.39, 0.29) is 51.9 Å². The van der Waals surface area contributed by atoms with Crippen LogP contribution in [-0.4, -0.2) is 89.7 Å². The molecular weight excluding hydrogens is 585 g/mol. The van der Waals surface area contributed by atoms with Gasteiger partial charge in [0.1, 0.15) is 47.2 Å². The number of anilines is 2. The number of alkyl halides is 1. The number of ether oxygens (including phenoxy) is 2. The predicted octanol–water partition coefficient (Wildman–Crippen LogP) is 5.03. The summed E-state index contributed by atoms with van der Waals surface area (Å²) < 4.78 is 58.1. The molecule has 4 aromatic rings. The number of nitrogens with zero attached hydrogens (tertiary/aromatic N) is 5. The quantitative estimate of drug-likeness (QED) is 0.289. The summed E-state index contributed by atoms with van der Waals surface area (Å²) in [5.74, 6) is 1.44. The van der Waals surface area contributed by atoms with E-state index in [1.54, 1.807) is 7.05 Å². The predicted molar refractivity (Wildman–Crippen MR) is 166 cm³/mol. The molecule has 3 saturated heterocycles. The van der Waals surface area contributed by atoms with E-state index in [2.05, 4.69) is 26.1 Å². The van der Waals surface area contributed by atoms with Crippen molar-refractivity contribution < 1.29 is 27.8 Å². The molecule has 2 atom stereocenters. The van der Waals surface area contributed by atoms with Gasteiger partial charge in [-0.25, -0.2) is 18.2 Å². The fraction of sp³-hybridized carbons (Fsp3) is 0.424. The topological polar surface area (TPSA) is 95.9 Å². The van der Waals surface area contributed by atoms with Crippen LogP contribution in [0.2, 0.25) is 0 Å². The van der Waals surface area contributed by atoms with Crippen molar-refractivity contribution in [1.29, 1.82) is 0 Å². The Balaban J connectivity index is 1.43. The summed E-state index contributed by atoms with van der Waals surface area (Å²) >= 11 is 0. The average Bonchev–Trinajstić information content (AvgIpc) is 3.41. The molecule has 3 fully saturated rings. The zero-order valence-electron chi connectivity index (χ0n) is 24.9. The molecule has 45 heavy (non-hydrogen) atoms. The molecule has 0 saturated carbocycles. The molecule has 2 N–H and O–H groups in total. The zero-order valence-corrected chi connectivity index (χ0v) is 24.9. The van der Waals surface area contributed by atoms with Gasteiger partial charge in [-0.05, 0) is 49.4 Å². The Morgan fingerprint density at radius 1 is 1.13 bits per heavy atom. The summed E-state index contributed by atoms with van der Waals surface area (Å²) in [6, 6.07) is 5.38. The van der Waals surface area contributed by atoms with Crippen LogP contribution in [0, 0.1) is 24.0 Å². The van der Waals surface area contributed by atoms with Gasteiger partial charge in [0, 0.05) is 50.7 Å². The molecule has 5 heterocycles. The molecule has 0 spiro atoms. The first-order valence-electron chi connectivity index (χ1n) is 15.2. The first-order chi connectivity index (χ1) is 21.8. The number of aromatic nitrogens is 3. The highest BCUT2D eigenvalue weighted by molar-refractivity contribution is 6.05. The molecule has 7 rings (SSSR count). The minimum absolute atomic E-state index is 0.0413. The van der Waals surface area contributed by atoms with E-state index in [4.69, 9.17) is 20.9 Å². The molecule has 9 nitrogen and oxygen atoms in total. The van der Waals surface area contributed by atoms with Crippen LogP contribution in [0.3, 0.4) is 0 Å². The molecule has 3 aliphatic rings. The molecule has 3 aliphatic heterocycles. The van der Waals surface area contributed by atoms with Gasteiger partial charge in [0.2, 0.25) is 0 Å². The van der Waals surface area contributed by atoms with E-state index in [0.29, 0.717) is 55.9 Å². The van der Waals surface area contributed by atoms with Crippen molar-refractivity contribution in [3.05, 3.63) is 41.5 Å². The molecule has 2 aromatic heterocycles. The summed E-state index contributed by atoms with van der Waals surface area (Å²) in [4.78, 5) is 18.1. The maximum Gasteiger partial charge on any atom is 0.319 e. The Morgan fingerprint density at radius 2 is 2.00 bits per heavy atom. The number of hydrogen-bond donors (Lipinski definition) is 2. The van der Waals surface area contributed by atoms with Crippen LogP contribution in [-0.2, 0) is 4.74 Å². The van der Waals surface area contributed by atoms with Crippen molar-refractivity contribution >= 4 is 33.3 Å². The second-order valence-corrected chi connectivity index (χ2v) is 11.9. The summed E-state index contributed by atoms with van der Waals surface area (Å²) in [5.41, 5.74) is -0.668. The fourth-order valence-electron chi connectivity index (χ4n) is 7.15. The van der Waals surface area contributed by atoms with Gasteiger partial charge >= 0.3 is 6.01 Å². The number of pyridine rings is 1. The number of phenolic OH excluding ortho intramolecular Hbond substituents is 1. The molecule has 2 aromatic carbocycles. The van der Waals surface area contributed by atoms with Crippen LogP contribution >= 0.6 is 0 Å². The van der Waals surface area contributed by atoms with E-state index >= 15 is 4.39 Å². The van der Waals surface area contributed by atoms with Crippen molar-refractivity contribution in [2.24, 2.45) is 0 Å². The lowest BCUT2D eigenvalue weighted by Crippen LogP contribution is -2.43. The maximum absolute atomic E-state index is 16.9. The highest BCUT2D eigenvalue weighted by Crippen LogP contribution is 2.43. The lowest BCUT2D eigenvalue weighted by Gasteiger charge is -2.31. The number of benzene rings is 2. The molecule has 0 amide bonds. The highest BCUT2D eigenvalue weighted by atomic mass is 19.1. The minimum atomic E-state index is -0.932. The van der Waals surface area contributed by atoms with Crippen LogP contribution in [0.1, 0.15) is 31.2 Å². The molecule has 0 bridgehead atoms.